The summed E-state index contributed by atoms with van der Waals surface area (Å²) in [5.41, 5.74) is 5.30. The number of rotatable bonds is 5. The summed E-state index contributed by atoms with van der Waals surface area (Å²) in [6.45, 7) is 9.00. The smallest absolute Gasteiger partial charge is 0.238 e. The zero-order valence-corrected chi connectivity index (χ0v) is 16.5. The largest absolute Gasteiger partial charge is 0.341 e. The molecule has 1 aliphatic rings. The van der Waals surface area contributed by atoms with Gasteiger partial charge in [0.1, 0.15) is 5.82 Å². The Balaban J connectivity index is 1.26. The van der Waals surface area contributed by atoms with Crippen molar-refractivity contribution in [2.45, 2.75) is 20.4 Å². The van der Waals surface area contributed by atoms with Gasteiger partial charge in [-0.2, -0.15) is 0 Å². The number of imidazole rings is 1. The van der Waals surface area contributed by atoms with Crippen LogP contribution in [0.15, 0.2) is 42.5 Å². The lowest BCUT2D eigenvalue weighted by Gasteiger charge is -2.33. The van der Waals surface area contributed by atoms with E-state index in [1.165, 1.54) is 0 Å². The molecule has 0 atom stereocenters. The fraction of sp³-hybridized carbons (Fsp3) is 0.364. The fourth-order valence-corrected chi connectivity index (χ4v) is 3.85. The van der Waals surface area contributed by atoms with Gasteiger partial charge in [-0.15, -0.1) is 0 Å². The van der Waals surface area contributed by atoms with Gasteiger partial charge in [0.15, 0.2) is 0 Å². The Morgan fingerprint density at radius 3 is 2.43 bits per heavy atom. The van der Waals surface area contributed by atoms with Gasteiger partial charge in [0.2, 0.25) is 5.91 Å². The molecule has 6 heteroatoms. The van der Waals surface area contributed by atoms with Crippen LogP contribution in [0.4, 0.5) is 5.69 Å². The number of H-pyrrole nitrogens is 1. The number of nitrogens with one attached hydrogen (secondary N) is 2. The molecule has 28 heavy (non-hydrogen) atoms. The van der Waals surface area contributed by atoms with Crippen molar-refractivity contribution in [1.82, 2.24) is 19.8 Å². The quantitative estimate of drug-likeness (QED) is 0.718. The number of para-hydroxylation sites is 2. The molecule has 1 saturated heterocycles. The first-order valence-electron chi connectivity index (χ1n) is 9.82. The van der Waals surface area contributed by atoms with Crippen LogP contribution in [0, 0.1) is 13.8 Å². The van der Waals surface area contributed by atoms with Gasteiger partial charge in [-0.25, -0.2) is 4.98 Å². The lowest BCUT2D eigenvalue weighted by Crippen LogP contribution is -2.48. The van der Waals surface area contributed by atoms with Crippen molar-refractivity contribution in [2.75, 3.05) is 38.0 Å². The highest BCUT2D eigenvalue weighted by Crippen LogP contribution is 2.15. The van der Waals surface area contributed by atoms with Crippen LogP contribution in [0.25, 0.3) is 11.0 Å². The third kappa shape index (κ3) is 4.58. The van der Waals surface area contributed by atoms with Crippen LogP contribution < -0.4 is 5.32 Å². The van der Waals surface area contributed by atoms with Crippen LogP contribution in [0.5, 0.6) is 0 Å². The number of aromatic amines is 1. The normalized spacial score (nSPS) is 15.8. The molecule has 1 fully saturated rings. The molecule has 146 valence electrons. The minimum Gasteiger partial charge on any atom is -0.341 e. The number of aryl methyl sites for hydroxylation is 2. The van der Waals surface area contributed by atoms with E-state index in [0.717, 1.165) is 66.4 Å². The highest BCUT2D eigenvalue weighted by molar-refractivity contribution is 5.92. The molecule has 2 N–H and O–H groups in total. The molecule has 0 aliphatic carbocycles. The van der Waals surface area contributed by atoms with Crippen LogP contribution in [0.3, 0.4) is 0 Å². The number of anilines is 1. The second kappa shape index (κ2) is 8.12. The Labute approximate surface area is 165 Å². The van der Waals surface area contributed by atoms with Crippen molar-refractivity contribution in [3.05, 3.63) is 59.4 Å². The maximum absolute atomic E-state index is 12.4. The highest BCUT2D eigenvalue weighted by atomic mass is 16.2. The number of hydrogen-bond donors (Lipinski definition) is 2. The number of fused-ring (bicyclic) bond motifs is 1. The SMILES string of the molecule is Cc1cc(C)cc(NC(=O)CN2CCN(Cc3nc4ccccc4[nH]3)CC2)c1. The molecule has 1 amide bonds. The van der Waals surface area contributed by atoms with Crippen LogP contribution in [-0.2, 0) is 11.3 Å². The Morgan fingerprint density at radius 1 is 1.04 bits per heavy atom. The van der Waals surface area contributed by atoms with Gasteiger partial charge in [-0.3, -0.25) is 14.6 Å². The third-order valence-electron chi connectivity index (χ3n) is 5.15. The zero-order valence-electron chi connectivity index (χ0n) is 16.5. The Hall–Kier alpha value is -2.70. The second-order valence-corrected chi connectivity index (χ2v) is 7.68. The predicted molar refractivity (Wildman–Crippen MR) is 112 cm³/mol. The van der Waals surface area contributed by atoms with E-state index in [9.17, 15) is 4.79 Å². The minimum atomic E-state index is 0.0516. The molecule has 0 unspecified atom stereocenters. The monoisotopic (exact) mass is 377 g/mol. The number of hydrogen-bond acceptors (Lipinski definition) is 4. The predicted octanol–water partition coefficient (Wildman–Crippen LogP) is 2.94. The maximum atomic E-state index is 12.4. The second-order valence-electron chi connectivity index (χ2n) is 7.68. The summed E-state index contributed by atoms with van der Waals surface area (Å²) in [6.07, 6.45) is 0. The molecule has 3 aromatic rings. The van der Waals surface area contributed by atoms with Gasteiger partial charge < -0.3 is 10.3 Å². The van der Waals surface area contributed by atoms with Crippen LogP contribution in [0.1, 0.15) is 17.0 Å². The zero-order chi connectivity index (χ0) is 19.5. The molecule has 4 rings (SSSR count). The molecule has 0 bridgehead atoms. The van der Waals surface area contributed by atoms with E-state index in [4.69, 9.17) is 0 Å². The number of aromatic nitrogens is 2. The van der Waals surface area contributed by atoms with E-state index in [-0.39, 0.29) is 5.91 Å². The Bertz CT molecular complexity index is 919. The molecule has 2 heterocycles. The van der Waals surface area contributed by atoms with E-state index < -0.39 is 0 Å². The summed E-state index contributed by atoms with van der Waals surface area (Å²) in [6, 6.07) is 14.2. The first kappa shape index (κ1) is 18.7. The van der Waals surface area contributed by atoms with Crippen LogP contribution in [-0.4, -0.2) is 58.4 Å². The molecule has 0 radical (unpaired) electrons. The maximum Gasteiger partial charge on any atom is 0.238 e. The topological polar surface area (TPSA) is 64.3 Å². The highest BCUT2D eigenvalue weighted by Gasteiger charge is 2.20. The number of benzene rings is 2. The summed E-state index contributed by atoms with van der Waals surface area (Å²) in [5.74, 6) is 1.05. The summed E-state index contributed by atoms with van der Waals surface area (Å²) in [7, 11) is 0. The first-order valence-corrected chi connectivity index (χ1v) is 9.82. The summed E-state index contributed by atoms with van der Waals surface area (Å²) >= 11 is 0. The van der Waals surface area contributed by atoms with Crippen molar-refractivity contribution in [1.29, 1.82) is 0 Å². The molecular formula is C22H27N5O. The van der Waals surface area contributed by atoms with E-state index in [1.54, 1.807) is 0 Å². The average Bonchev–Trinajstić information content (AvgIpc) is 3.04. The van der Waals surface area contributed by atoms with Crippen molar-refractivity contribution in [3.63, 3.8) is 0 Å². The Morgan fingerprint density at radius 2 is 1.71 bits per heavy atom. The first-order chi connectivity index (χ1) is 13.5. The molecule has 1 aromatic heterocycles. The lowest BCUT2D eigenvalue weighted by atomic mass is 10.1. The van der Waals surface area contributed by atoms with Gasteiger partial charge in [-0.1, -0.05) is 18.2 Å². The third-order valence-corrected chi connectivity index (χ3v) is 5.15. The number of carbonyl (C=O) groups is 1. The fourth-order valence-electron chi connectivity index (χ4n) is 3.85. The minimum absolute atomic E-state index is 0.0516. The molecule has 2 aromatic carbocycles. The molecule has 0 saturated carbocycles. The van der Waals surface area contributed by atoms with Crippen LogP contribution >= 0.6 is 0 Å². The van der Waals surface area contributed by atoms with E-state index in [1.807, 2.05) is 44.2 Å². The van der Waals surface area contributed by atoms with Gasteiger partial charge in [0.05, 0.1) is 24.1 Å². The number of amides is 1. The van der Waals surface area contributed by atoms with Gasteiger partial charge in [-0.05, 0) is 49.2 Å². The molecular weight excluding hydrogens is 350 g/mol. The number of piperazine rings is 1. The molecule has 6 nitrogen and oxygen atoms in total. The van der Waals surface area contributed by atoms with Crippen molar-refractivity contribution < 1.29 is 4.79 Å². The van der Waals surface area contributed by atoms with Crippen LogP contribution in [0.2, 0.25) is 0 Å². The summed E-state index contributed by atoms with van der Waals surface area (Å²) in [5, 5.41) is 3.03. The van der Waals surface area contributed by atoms with Gasteiger partial charge in [0.25, 0.3) is 0 Å². The summed E-state index contributed by atoms with van der Waals surface area (Å²) < 4.78 is 0. The summed E-state index contributed by atoms with van der Waals surface area (Å²) in [4.78, 5) is 25.0. The number of carbonyl (C=O) groups excluding carboxylic acids is 1. The van der Waals surface area contributed by atoms with E-state index in [0.29, 0.717) is 6.54 Å². The van der Waals surface area contributed by atoms with Crippen molar-refractivity contribution in [3.8, 4) is 0 Å². The van der Waals surface area contributed by atoms with Gasteiger partial charge >= 0.3 is 0 Å². The Kier molecular flexibility index (Phi) is 5.41. The van der Waals surface area contributed by atoms with Crippen molar-refractivity contribution >= 4 is 22.6 Å². The number of nitrogens with zero attached hydrogens (tertiary/aromatic N) is 3. The van der Waals surface area contributed by atoms with E-state index in [2.05, 4.69) is 37.2 Å². The van der Waals surface area contributed by atoms with E-state index >= 15 is 0 Å². The molecule has 1 aliphatic heterocycles. The van der Waals surface area contributed by atoms with Gasteiger partial charge in [0, 0.05) is 31.9 Å². The standard InChI is InChI=1S/C22H27N5O/c1-16-11-17(2)13-18(12-16)23-22(28)15-27-9-7-26(8-10-27)14-21-24-19-5-3-4-6-20(19)25-21/h3-6,11-13H,7-10,14-15H2,1-2H3,(H,23,28)(H,24,25). The average molecular weight is 377 g/mol. The molecule has 0 spiro atoms. The van der Waals surface area contributed by atoms with Crippen molar-refractivity contribution in [2.24, 2.45) is 0 Å². The lowest BCUT2D eigenvalue weighted by molar-refractivity contribution is -0.117.